The Balaban J connectivity index is 2.31. The first-order chi connectivity index (χ1) is 8.33. The summed E-state index contributed by atoms with van der Waals surface area (Å²) in [5.41, 5.74) is -2.42. The molecule has 0 amide bonds. The fourth-order valence-corrected chi connectivity index (χ4v) is 2.29. The summed E-state index contributed by atoms with van der Waals surface area (Å²) in [5.74, 6) is -0.605. The molecule has 0 heterocycles. The van der Waals surface area contributed by atoms with Crippen LogP contribution < -0.4 is 0 Å². The smallest absolute Gasteiger partial charge is 0.382 e. The van der Waals surface area contributed by atoms with E-state index in [4.69, 9.17) is 0 Å². The van der Waals surface area contributed by atoms with Crippen LogP contribution in [0.1, 0.15) is 41.6 Å². The van der Waals surface area contributed by atoms with Crippen molar-refractivity contribution in [2.45, 2.75) is 37.5 Å². The maximum absolute atomic E-state index is 12.5. The van der Waals surface area contributed by atoms with Crippen molar-refractivity contribution in [1.29, 1.82) is 0 Å². The van der Waals surface area contributed by atoms with Crippen LogP contribution >= 0.6 is 0 Å². The lowest BCUT2D eigenvalue weighted by atomic mass is 9.90. The van der Waals surface area contributed by atoms with Crippen LogP contribution in [-0.2, 0) is 6.18 Å². The second-order valence-electron chi connectivity index (χ2n) is 4.65. The zero-order chi connectivity index (χ0) is 13.4. The van der Waals surface area contributed by atoms with Gasteiger partial charge in [-0.1, -0.05) is 12.1 Å². The molecule has 0 saturated heterocycles. The van der Waals surface area contributed by atoms with Gasteiger partial charge in [-0.05, 0) is 37.8 Å². The van der Waals surface area contributed by atoms with Crippen molar-refractivity contribution in [3.05, 3.63) is 35.4 Å². The number of Topliss-reactive ketones (excluding diaryl/α,β-unsaturated/α-hetero) is 1. The van der Waals surface area contributed by atoms with E-state index in [1.54, 1.807) is 0 Å². The third-order valence-electron chi connectivity index (χ3n) is 3.31. The van der Waals surface area contributed by atoms with Crippen LogP contribution in [0.3, 0.4) is 0 Å². The van der Waals surface area contributed by atoms with Gasteiger partial charge in [-0.3, -0.25) is 4.79 Å². The van der Waals surface area contributed by atoms with Gasteiger partial charge in [0.1, 0.15) is 5.60 Å². The molecule has 2 rings (SSSR count). The van der Waals surface area contributed by atoms with Crippen molar-refractivity contribution >= 4 is 5.78 Å². The minimum absolute atomic E-state index is 0.0748. The van der Waals surface area contributed by atoms with Gasteiger partial charge in [0.05, 0.1) is 5.56 Å². The highest BCUT2D eigenvalue weighted by molar-refractivity contribution is 6.02. The summed E-state index contributed by atoms with van der Waals surface area (Å²) < 4.78 is 37.6. The van der Waals surface area contributed by atoms with Crippen molar-refractivity contribution in [2.24, 2.45) is 0 Å². The van der Waals surface area contributed by atoms with Crippen LogP contribution in [0.15, 0.2) is 24.3 Å². The zero-order valence-corrected chi connectivity index (χ0v) is 9.63. The number of ketones is 1. The van der Waals surface area contributed by atoms with Crippen LogP contribution in [0.4, 0.5) is 13.2 Å². The molecule has 0 unspecified atom stereocenters. The van der Waals surface area contributed by atoms with E-state index >= 15 is 0 Å². The minimum atomic E-state index is -4.48. The lowest BCUT2D eigenvalue weighted by molar-refractivity contribution is -0.137. The number of hydrogen-bond acceptors (Lipinski definition) is 2. The quantitative estimate of drug-likeness (QED) is 0.827. The lowest BCUT2D eigenvalue weighted by Crippen LogP contribution is -2.35. The molecule has 1 aromatic carbocycles. The van der Waals surface area contributed by atoms with Gasteiger partial charge < -0.3 is 5.11 Å². The maximum atomic E-state index is 12.5. The molecular weight excluding hydrogens is 245 g/mol. The van der Waals surface area contributed by atoms with Crippen molar-refractivity contribution in [1.82, 2.24) is 0 Å². The predicted octanol–water partition coefficient (Wildman–Crippen LogP) is 3.19. The van der Waals surface area contributed by atoms with Crippen molar-refractivity contribution in [2.75, 3.05) is 0 Å². The van der Waals surface area contributed by atoms with Crippen LogP contribution in [-0.4, -0.2) is 16.5 Å². The normalized spacial score (nSPS) is 18.9. The molecule has 0 atom stereocenters. The Morgan fingerprint density at radius 1 is 1.22 bits per heavy atom. The molecule has 18 heavy (non-hydrogen) atoms. The highest BCUT2D eigenvalue weighted by Gasteiger charge is 2.40. The second-order valence-corrected chi connectivity index (χ2v) is 4.65. The molecule has 1 aromatic rings. The van der Waals surface area contributed by atoms with E-state index < -0.39 is 23.1 Å². The Hall–Kier alpha value is -1.36. The van der Waals surface area contributed by atoms with Crippen LogP contribution in [0.25, 0.3) is 0 Å². The number of aliphatic hydroxyl groups is 1. The fraction of sp³-hybridized carbons (Fsp3) is 0.462. The Kier molecular flexibility index (Phi) is 3.19. The topological polar surface area (TPSA) is 37.3 Å². The predicted molar refractivity (Wildman–Crippen MR) is 59.2 cm³/mol. The largest absolute Gasteiger partial charge is 0.416 e. The van der Waals surface area contributed by atoms with Gasteiger partial charge in [0.15, 0.2) is 5.78 Å². The van der Waals surface area contributed by atoms with Gasteiger partial charge in [-0.15, -0.1) is 0 Å². The SMILES string of the molecule is O=C(c1cccc(C(F)(F)F)c1)C1(O)CCCC1. The van der Waals surface area contributed by atoms with Crippen LogP contribution in [0.2, 0.25) is 0 Å². The minimum Gasteiger partial charge on any atom is -0.382 e. The monoisotopic (exact) mass is 258 g/mol. The number of hydrogen-bond donors (Lipinski definition) is 1. The van der Waals surface area contributed by atoms with Crippen molar-refractivity contribution < 1.29 is 23.1 Å². The summed E-state index contributed by atoms with van der Waals surface area (Å²) in [6.45, 7) is 0. The zero-order valence-electron chi connectivity index (χ0n) is 9.63. The number of carbonyl (C=O) groups is 1. The first-order valence-corrected chi connectivity index (χ1v) is 5.77. The Morgan fingerprint density at radius 3 is 2.39 bits per heavy atom. The molecule has 0 spiro atoms. The molecule has 1 fully saturated rings. The summed E-state index contributed by atoms with van der Waals surface area (Å²) >= 11 is 0. The molecule has 1 aliphatic carbocycles. The molecule has 2 nitrogen and oxygen atoms in total. The van der Waals surface area contributed by atoms with Gasteiger partial charge in [-0.2, -0.15) is 13.2 Å². The van der Waals surface area contributed by atoms with Gasteiger partial charge in [0, 0.05) is 5.56 Å². The molecule has 0 bridgehead atoms. The van der Waals surface area contributed by atoms with E-state index in [1.165, 1.54) is 12.1 Å². The Bertz CT molecular complexity index is 460. The Labute approximate surface area is 102 Å². The fourth-order valence-electron chi connectivity index (χ4n) is 2.29. The number of alkyl halides is 3. The highest BCUT2D eigenvalue weighted by Crippen LogP contribution is 2.34. The van der Waals surface area contributed by atoms with Crippen molar-refractivity contribution in [3.8, 4) is 0 Å². The Morgan fingerprint density at radius 2 is 1.83 bits per heavy atom. The summed E-state index contributed by atoms with van der Waals surface area (Å²) in [6.07, 6.45) is -2.39. The average Bonchev–Trinajstić information content (AvgIpc) is 2.75. The van der Waals surface area contributed by atoms with Crippen molar-refractivity contribution in [3.63, 3.8) is 0 Å². The van der Waals surface area contributed by atoms with E-state index in [0.29, 0.717) is 12.8 Å². The number of rotatable bonds is 2. The van der Waals surface area contributed by atoms with Gasteiger partial charge >= 0.3 is 6.18 Å². The maximum Gasteiger partial charge on any atom is 0.416 e. The van der Waals surface area contributed by atoms with Crippen LogP contribution in [0, 0.1) is 0 Å². The highest BCUT2D eigenvalue weighted by atomic mass is 19.4. The van der Waals surface area contributed by atoms with E-state index in [9.17, 15) is 23.1 Å². The number of halogens is 3. The molecule has 0 radical (unpaired) electrons. The van der Waals surface area contributed by atoms with E-state index in [-0.39, 0.29) is 5.56 Å². The average molecular weight is 258 g/mol. The molecule has 98 valence electrons. The molecule has 0 aromatic heterocycles. The molecule has 1 N–H and O–H groups in total. The second kappa shape index (κ2) is 4.39. The molecule has 0 aliphatic heterocycles. The third-order valence-corrected chi connectivity index (χ3v) is 3.31. The van der Waals surface area contributed by atoms with Gasteiger partial charge in [0.2, 0.25) is 0 Å². The lowest BCUT2D eigenvalue weighted by Gasteiger charge is -2.20. The van der Waals surface area contributed by atoms with E-state index in [0.717, 1.165) is 25.0 Å². The standard InChI is InChI=1S/C13H13F3O2/c14-13(15,16)10-5-3-4-9(8-10)11(17)12(18)6-1-2-7-12/h3-5,8,18H,1-2,6-7H2. The van der Waals surface area contributed by atoms with Gasteiger partial charge in [-0.25, -0.2) is 0 Å². The first kappa shape index (κ1) is 13.1. The number of carbonyl (C=O) groups excluding carboxylic acids is 1. The van der Waals surface area contributed by atoms with E-state index in [2.05, 4.69) is 0 Å². The third kappa shape index (κ3) is 2.41. The summed E-state index contributed by atoms with van der Waals surface area (Å²) in [4.78, 5) is 12.0. The summed E-state index contributed by atoms with van der Waals surface area (Å²) in [6, 6.07) is 4.22. The molecule has 1 saturated carbocycles. The summed E-state index contributed by atoms with van der Waals surface area (Å²) in [5, 5.41) is 10.1. The molecular formula is C13H13F3O2. The van der Waals surface area contributed by atoms with Gasteiger partial charge in [0.25, 0.3) is 0 Å². The molecule has 5 heteroatoms. The summed E-state index contributed by atoms with van der Waals surface area (Å²) in [7, 11) is 0. The van der Waals surface area contributed by atoms with Crippen LogP contribution in [0.5, 0.6) is 0 Å². The van der Waals surface area contributed by atoms with E-state index in [1.807, 2.05) is 0 Å². The number of benzene rings is 1. The molecule has 1 aliphatic rings. The first-order valence-electron chi connectivity index (χ1n) is 5.77.